The van der Waals surface area contributed by atoms with E-state index in [0.29, 0.717) is 6.04 Å². The molecule has 1 atom stereocenters. The van der Waals surface area contributed by atoms with Crippen molar-refractivity contribution in [1.29, 1.82) is 0 Å². The molecular formula is C16H27N5. The highest BCUT2D eigenvalue weighted by Crippen LogP contribution is 2.29. The third-order valence-electron chi connectivity index (χ3n) is 5.05. The van der Waals surface area contributed by atoms with Gasteiger partial charge in [0.15, 0.2) is 0 Å². The van der Waals surface area contributed by atoms with Crippen molar-refractivity contribution in [2.75, 3.05) is 37.6 Å². The predicted octanol–water partition coefficient (Wildman–Crippen LogP) is 1.51. The Morgan fingerprint density at radius 2 is 1.71 bits per heavy atom. The second kappa shape index (κ2) is 7.18. The standard InChI is InChI=1S/C16H27N5/c17-13-15(14-5-2-1-3-6-14)20-9-11-21(12-10-20)16-18-7-4-8-19-16/h4,7-8,14-15H,1-3,5-6,9-13,17H2. The second-order valence-electron chi connectivity index (χ2n) is 6.27. The Hall–Kier alpha value is -1.20. The highest BCUT2D eigenvalue weighted by Gasteiger charge is 2.30. The summed E-state index contributed by atoms with van der Waals surface area (Å²) in [5, 5.41) is 0. The number of hydrogen-bond donors (Lipinski definition) is 1. The van der Waals surface area contributed by atoms with Crippen LogP contribution in [0.5, 0.6) is 0 Å². The van der Waals surface area contributed by atoms with Gasteiger partial charge in [-0.2, -0.15) is 0 Å². The molecular weight excluding hydrogens is 262 g/mol. The Morgan fingerprint density at radius 3 is 2.33 bits per heavy atom. The Labute approximate surface area is 127 Å². The summed E-state index contributed by atoms with van der Waals surface area (Å²) in [6, 6.07) is 2.44. The number of rotatable bonds is 4. The Balaban J connectivity index is 1.56. The highest BCUT2D eigenvalue weighted by molar-refractivity contribution is 5.29. The summed E-state index contributed by atoms with van der Waals surface area (Å²) < 4.78 is 0. The van der Waals surface area contributed by atoms with Crippen LogP contribution in [0.25, 0.3) is 0 Å². The number of anilines is 1. The molecule has 5 nitrogen and oxygen atoms in total. The van der Waals surface area contributed by atoms with Gasteiger partial charge in [0.25, 0.3) is 0 Å². The van der Waals surface area contributed by atoms with Gasteiger partial charge in [0.1, 0.15) is 0 Å². The van der Waals surface area contributed by atoms with Crippen molar-refractivity contribution < 1.29 is 0 Å². The first kappa shape index (κ1) is 14.7. The number of hydrogen-bond acceptors (Lipinski definition) is 5. The van der Waals surface area contributed by atoms with Crippen LogP contribution in [0.3, 0.4) is 0 Å². The normalized spacial score (nSPS) is 23.2. The molecule has 1 aliphatic carbocycles. The van der Waals surface area contributed by atoms with Gasteiger partial charge in [-0.3, -0.25) is 4.90 Å². The molecule has 0 radical (unpaired) electrons. The second-order valence-corrected chi connectivity index (χ2v) is 6.27. The minimum absolute atomic E-state index is 0.573. The van der Waals surface area contributed by atoms with Crippen molar-refractivity contribution in [3.63, 3.8) is 0 Å². The Morgan fingerprint density at radius 1 is 1.05 bits per heavy atom. The maximum atomic E-state index is 6.10. The summed E-state index contributed by atoms with van der Waals surface area (Å²) in [7, 11) is 0. The molecule has 0 amide bonds. The topological polar surface area (TPSA) is 58.3 Å². The summed E-state index contributed by atoms with van der Waals surface area (Å²) in [5.41, 5.74) is 6.10. The number of piperazine rings is 1. The number of nitrogens with two attached hydrogens (primary N) is 1. The van der Waals surface area contributed by atoms with E-state index in [1.807, 2.05) is 18.5 Å². The van der Waals surface area contributed by atoms with E-state index in [2.05, 4.69) is 19.8 Å². The molecule has 1 saturated carbocycles. The monoisotopic (exact) mass is 289 g/mol. The SMILES string of the molecule is NCC(C1CCCCC1)N1CCN(c2ncccn2)CC1. The first-order chi connectivity index (χ1) is 10.4. The van der Waals surface area contributed by atoms with Gasteiger partial charge in [-0.15, -0.1) is 0 Å². The molecule has 1 unspecified atom stereocenters. The van der Waals surface area contributed by atoms with Gasteiger partial charge in [0, 0.05) is 51.2 Å². The van der Waals surface area contributed by atoms with Gasteiger partial charge in [0.2, 0.25) is 5.95 Å². The van der Waals surface area contributed by atoms with Crippen molar-refractivity contribution in [1.82, 2.24) is 14.9 Å². The van der Waals surface area contributed by atoms with E-state index in [1.54, 1.807) is 0 Å². The van der Waals surface area contributed by atoms with E-state index >= 15 is 0 Å². The van der Waals surface area contributed by atoms with Crippen LogP contribution < -0.4 is 10.6 Å². The molecule has 1 aromatic rings. The van der Waals surface area contributed by atoms with Crippen LogP contribution in [0.15, 0.2) is 18.5 Å². The van der Waals surface area contributed by atoms with E-state index in [-0.39, 0.29) is 0 Å². The van der Waals surface area contributed by atoms with Crippen LogP contribution in [0.2, 0.25) is 0 Å². The highest BCUT2D eigenvalue weighted by atomic mass is 15.3. The zero-order valence-electron chi connectivity index (χ0n) is 12.8. The van der Waals surface area contributed by atoms with Gasteiger partial charge in [-0.05, 0) is 24.8 Å². The molecule has 1 aromatic heterocycles. The van der Waals surface area contributed by atoms with Gasteiger partial charge >= 0.3 is 0 Å². The van der Waals surface area contributed by atoms with E-state index in [4.69, 9.17) is 5.73 Å². The first-order valence-corrected chi connectivity index (χ1v) is 8.34. The van der Waals surface area contributed by atoms with Gasteiger partial charge in [0.05, 0.1) is 0 Å². The molecule has 21 heavy (non-hydrogen) atoms. The van der Waals surface area contributed by atoms with Crippen LogP contribution in [0.4, 0.5) is 5.95 Å². The first-order valence-electron chi connectivity index (χ1n) is 8.34. The van der Waals surface area contributed by atoms with Crippen LogP contribution >= 0.6 is 0 Å². The third-order valence-corrected chi connectivity index (χ3v) is 5.05. The van der Waals surface area contributed by atoms with E-state index < -0.39 is 0 Å². The summed E-state index contributed by atoms with van der Waals surface area (Å²) in [6.07, 6.45) is 10.6. The maximum Gasteiger partial charge on any atom is 0.225 e. The fourth-order valence-electron chi connectivity index (χ4n) is 3.87. The lowest BCUT2D eigenvalue weighted by Gasteiger charge is -2.43. The lowest BCUT2D eigenvalue weighted by Crippen LogP contribution is -2.55. The fourth-order valence-corrected chi connectivity index (χ4v) is 3.87. The Kier molecular flexibility index (Phi) is 5.04. The molecule has 2 aliphatic rings. The van der Waals surface area contributed by atoms with Crippen LogP contribution in [0, 0.1) is 5.92 Å². The summed E-state index contributed by atoms with van der Waals surface area (Å²) in [4.78, 5) is 13.6. The van der Waals surface area contributed by atoms with E-state index in [0.717, 1.165) is 44.6 Å². The van der Waals surface area contributed by atoms with Crippen molar-refractivity contribution in [3.05, 3.63) is 18.5 Å². The molecule has 2 fully saturated rings. The average molecular weight is 289 g/mol. The largest absolute Gasteiger partial charge is 0.338 e. The number of nitrogens with zero attached hydrogens (tertiary/aromatic N) is 4. The molecule has 0 aromatic carbocycles. The summed E-state index contributed by atoms with van der Waals surface area (Å²) in [5.74, 6) is 1.67. The zero-order chi connectivity index (χ0) is 14.5. The quantitative estimate of drug-likeness (QED) is 0.910. The lowest BCUT2D eigenvalue weighted by molar-refractivity contribution is 0.115. The molecule has 1 aliphatic heterocycles. The van der Waals surface area contributed by atoms with E-state index in [9.17, 15) is 0 Å². The average Bonchev–Trinajstić information content (AvgIpc) is 2.58. The smallest absolute Gasteiger partial charge is 0.225 e. The minimum Gasteiger partial charge on any atom is -0.338 e. The van der Waals surface area contributed by atoms with Gasteiger partial charge < -0.3 is 10.6 Å². The zero-order valence-corrected chi connectivity index (χ0v) is 12.8. The van der Waals surface area contributed by atoms with Gasteiger partial charge in [-0.25, -0.2) is 9.97 Å². The van der Waals surface area contributed by atoms with Crippen LogP contribution in [-0.4, -0.2) is 53.6 Å². The maximum absolute atomic E-state index is 6.10. The minimum atomic E-state index is 0.573. The molecule has 0 spiro atoms. The molecule has 116 valence electrons. The molecule has 5 heteroatoms. The van der Waals surface area contributed by atoms with Gasteiger partial charge in [-0.1, -0.05) is 19.3 Å². The molecule has 3 rings (SSSR count). The van der Waals surface area contributed by atoms with E-state index in [1.165, 1.54) is 32.1 Å². The van der Waals surface area contributed by atoms with Crippen molar-refractivity contribution in [2.45, 2.75) is 38.1 Å². The third kappa shape index (κ3) is 3.52. The summed E-state index contributed by atoms with van der Waals surface area (Å²) >= 11 is 0. The Bertz CT molecular complexity index is 410. The molecule has 0 bridgehead atoms. The van der Waals surface area contributed by atoms with Crippen molar-refractivity contribution >= 4 is 5.95 Å². The summed E-state index contributed by atoms with van der Waals surface area (Å²) in [6.45, 7) is 4.97. The molecule has 2 heterocycles. The van der Waals surface area contributed by atoms with Crippen molar-refractivity contribution in [2.24, 2.45) is 11.7 Å². The van der Waals surface area contributed by atoms with Crippen LogP contribution in [-0.2, 0) is 0 Å². The molecule has 2 N–H and O–H groups in total. The molecule has 1 saturated heterocycles. The van der Waals surface area contributed by atoms with Crippen molar-refractivity contribution in [3.8, 4) is 0 Å². The fraction of sp³-hybridized carbons (Fsp3) is 0.750. The predicted molar refractivity (Wildman–Crippen MR) is 85.2 cm³/mol. The van der Waals surface area contributed by atoms with Crippen LogP contribution in [0.1, 0.15) is 32.1 Å². The number of aromatic nitrogens is 2. The lowest BCUT2D eigenvalue weighted by atomic mass is 9.83.